The van der Waals surface area contributed by atoms with Crippen molar-refractivity contribution in [2.75, 3.05) is 32.3 Å². The number of carbonyl (C=O) groups excluding carboxylic acids is 3. The summed E-state index contributed by atoms with van der Waals surface area (Å²) in [5.74, 6) is -0.973. The van der Waals surface area contributed by atoms with Crippen LogP contribution in [0.2, 0.25) is 0 Å². The third-order valence-corrected chi connectivity index (χ3v) is 5.09. The van der Waals surface area contributed by atoms with Crippen LogP contribution in [0, 0.1) is 0 Å². The number of hydrogen-bond donors (Lipinski definition) is 0. The minimum atomic E-state index is -0.778. The number of allylic oxidation sites excluding steroid dienone is 2. The van der Waals surface area contributed by atoms with Gasteiger partial charge >= 0.3 is 11.9 Å². The number of ether oxygens (including phenoxy) is 4. The monoisotopic (exact) mass is 447 g/mol. The number of methoxy groups -OCH3 is 2. The van der Waals surface area contributed by atoms with Crippen LogP contribution in [0.1, 0.15) is 15.9 Å². The van der Waals surface area contributed by atoms with Crippen LogP contribution in [0.4, 0.5) is 5.69 Å². The molecular weight excluding hydrogens is 426 g/mol. The summed E-state index contributed by atoms with van der Waals surface area (Å²) in [4.78, 5) is 40.3. The van der Waals surface area contributed by atoms with Gasteiger partial charge in [0.2, 0.25) is 0 Å². The van der Waals surface area contributed by atoms with Crippen molar-refractivity contribution < 1.29 is 33.3 Å². The van der Waals surface area contributed by atoms with Crippen LogP contribution in [-0.4, -0.2) is 45.2 Å². The Morgan fingerprint density at radius 1 is 0.879 bits per heavy atom. The molecule has 0 fully saturated rings. The normalized spacial score (nSPS) is 14.5. The summed E-state index contributed by atoms with van der Waals surface area (Å²) in [7, 11) is 2.43. The molecule has 4 rings (SSSR count). The van der Waals surface area contributed by atoms with E-state index in [-0.39, 0.29) is 22.6 Å². The number of ketones is 1. The van der Waals surface area contributed by atoms with Gasteiger partial charge in [0.25, 0.3) is 0 Å². The van der Waals surface area contributed by atoms with E-state index in [4.69, 9.17) is 18.9 Å². The van der Waals surface area contributed by atoms with E-state index in [0.717, 1.165) is 0 Å². The zero-order valence-electron chi connectivity index (χ0n) is 18.1. The summed E-state index contributed by atoms with van der Waals surface area (Å²) in [5, 5.41) is 0. The molecule has 0 amide bonds. The molecule has 0 aliphatic carbocycles. The van der Waals surface area contributed by atoms with Crippen molar-refractivity contribution in [1.82, 2.24) is 0 Å². The second-order valence-corrected chi connectivity index (χ2v) is 7.02. The van der Waals surface area contributed by atoms with Gasteiger partial charge in [-0.15, -0.1) is 0 Å². The highest BCUT2D eigenvalue weighted by Gasteiger charge is 2.31. The highest BCUT2D eigenvalue weighted by atomic mass is 16.6. The summed E-state index contributed by atoms with van der Waals surface area (Å²) in [6.07, 6.45) is 6.23. The topological polar surface area (TPSA) is 91.4 Å². The predicted molar refractivity (Wildman–Crippen MR) is 119 cm³/mol. The Bertz CT molecular complexity index is 1190. The summed E-state index contributed by atoms with van der Waals surface area (Å²) in [5.41, 5.74) is 0.886. The first-order valence-electron chi connectivity index (χ1n) is 10.1. The van der Waals surface area contributed by atoms with Crippen molar-refractivity contribution in [3.05, 3.63) is 89.3 Å². The van der Waals surface area contributed by atoms with Gasteiger partial charge in [0.15, 0.2) is 17.3 Å². The van der Waals surface area contributed by atoms with E-state index in [0.29, 0.717) is 36.0 Å². The molecule has 2 heterocycles. The third-order valence-electron chi connectivity index (χ3n) is 5.09. The molecule has 0 unspecified atom stereocenters. The van der Waals surface area contributed by atoms with Crippen molar-refractivity contribution in [2.45, 2.75) is 0 Å². The SMILES string of the molecule is COC(=O)C1=C(C(=O)OC)N(c2cc3c(cc2C(=O)c2ccccc2)OCCO3)C=CC=C1. The fourth-order valence-corrected chi connectivity index (χ4v) is 3.56. The molecule has 0 aromatic heterocycles. The average Bonchev–Trinajstić information content (AvgIpc) is 3.10. The Balaban J connectivity index is 1.96. The highest BCUT2D eigenvalue weighted by Crippen LogP contribution is 2.40. The number of benzene rings is 2. The molecule has 2 aliphatic heterocycles. The molecule has 8 heteroatoms. The Morgan fingerprint density at radius 2 is 1.55 bits per heavy atom. The first-order valence-corrected chi connectivity index (χ1v) is 10.1. The van der Waals surface area contributed by atoms with E-state index in [9.17, 15) is 14.4 Å². The van der Waals surface area contributed by atoms with Gasteiger partial charge in [-0.1, -0.05) is 36.4 Å². The van der Waals surface area contributed by atoms with Crippen molar-refractivity contribution in [3.63, 3.8) is 0 Å². The van der Waals surface area contributed by atoms with E-state index in [2.05, 4.69) is 0 Å². The number of nitrogens with zero attached hydrogens (tertiary/aromatic N) is 1. The molecule has 2 aliphatic rings. The van der Waals surface area contributed by atoms with Gasteiger partial charge in [0, 0.05) is 17.8 Å². The van der Waals surface area contributed by atoms with E-state index in [1.165, 1.54) is 25.2 Å². The number of anilines is 1. The zero-order valence-corrected chi connectivity index (χ0v) is 18.1. The standard InChI is InChI=1S/C25H21NO7/c1-30-24(28)17-10-6-7-11-26(22(17)25(29)31-2)19-15-21-20(32-12-13-33-21)14-18(19)23(27)16-8-4-3-5-9-16/h3-11,14-15H,12-13H2,1-2H3. The number of fused-ring (bicyclic) bond motifs is 1. The van der Waals surface area contributed by atoms with Gasteiger partial charge < -0.3 is 23.8 Å². The quantitative estimate of drug-likeness (QED) is 0.510. The predicted octanol–water partition coefficient (Wildman–Crippen LogP) is 3.18. The smallest absolute Gasteiger partial charge is 0.355 e. The zero-order chi connectivity index (χ0) is 23.4. The summed E-state index contributed by atoms with van der Waals surface area (Å²) in [6.45, 7) is 0.682. The maximum atomic E-state index is 13.5. The maximum Gasteiger partial charge on any atom is 0.355 e. The summed E-state index contributed by atoms with van der Waals surface area (Å²) >= 11 is 0. The molecule has 168 valence electrons. The summed E-state index contributed by atoms with van der Waals surface area (Å²) in [6, 6.07) is 11.9. The molecule has 8 nitrogen and oxygen atoms in total. The molecule has 33 heavy (non-hydrogen) atoms. The lowest BCUT2D eigenvalue weighted by Gasteiger charge is -2.27. The van der Waals surface area contributed by atoms with Gasteiger partial charge in [-0.2, -0.15) is 0 Å². The van der Waals surface area contributed by atoms with Gasteiger partial charge in [0.1, 0.15) is 18.9 Å². The van der Waals surface area contributed by atoms with Crippen molar-refractivity contribution in [3.8, 4) is 11.5 Å². The average molecular weight is 447 g/mol. The molecule has 0 spiro atoms. The Morgan fingerprint density at radius 3 is 2.21 bits per heavy atom. The van der Waals surface area contributed by atoms with E-state index >= 15 is 0 Å². The van der Waals surface area contributed by atoms with Crippen LogP contribution in [0.5, 0.6) is 11.5 Å². The Labute approximate surface area is 190 Å². The fraction of sp³-hybridized carbons (Fsp3) is 0.160. The van der Waals surface area contributed by atoms with E-state index < -0.39 is 11.9 Å². The minimum absolute atomic E-state index is 0.0256. The second-order valence-electron chi connectivity index (χ2n) is 7.02. The van der Waals surface area contributed by atoms with Crippen LogP contribution in [-0.2, 0) is 19.1 Å². The molecule has 0 radical (unpaired) electrons. The fourth-order valence-electron chi connectivity index (χ4n) is 3.56. The minimum Gasteiger partial charge on any atom is -0.486 e. The lowest BCUT2D eigenvalue weighted by molar-refractivity contribution is -0.139. The first kappa shape index (κ1) is 21.9. The number of esters is 2. The Hall–Kier alpha value is -4.33. The van der Waals surface area contributed by atoms with Crippen LogP contribution in [0.15, 0.2) is 78.2 Å². The number of carbonyl (C=O) groups is 3. The molecule has 0 saturated carbocycles. The van der Waals surface area contributed by atoms with Crippen LogP contribution >= 0.6 is 0 Å². The number of rotatable bonds is 5. The van der Waals surface area contributed by atoms with Gasteiger partial charge in [-0.05, 0) is 18.2 Å². The van der Waals surface area contributed by atoms with E-state index in [1.54, 1.807) is 54.8 Å². The van der Waals surface area contributed by atoms with Gasteiger partial charge in [-0.25, -0.2) is 9.59 Å². The molecule has 2 aromatic carbocycles. The molecular formula is C25H21NO7. The largest absolute Gasteiger partial charge is 0.486 e. The van der Waals surface area contributed by atoms with Crippen LogP contribution in [0.3, 0.4) is 0 Å². The molecule has 0 atom stereocenters. The first-order chi connectivity index (χ1) is 16.0. The van der Waals surface area contributed by atoms with Gasteiger partial charge in [0.05, 0.1) is 31.0 Å². The lowest BCUT2D eigenvalue weighted by atomic mass is 9.99. The second kappa shape index (κ2) is 9.44. The molecule has 2 aromatic rings. The van der Waals surface area contributed by atoms with Crippen LogP contribution in [0.25, 0.3) is 0 Å². The van der Waals surface area contributed by atoms with Crippen molar-refractivity contribution in [2.24, 2.45) is 0 Å². The van der Waals surface area contributed by atoms with Crippen molar-refractivity contribution in [1.29, 1.82) is 0 Å². The number of hydrogen-bond acceptors (Lipinski definition) is 8. The Kier molecular flexibility index (Phi) is 6.26. The van der Waals surface area contributed by atoms with Gasteiger partial charge in [-0.3, -0.25) is 4.79 Å². The maximum absolute atomic E-state index is 13.5. The van der Waals surface area contributed by atoms with Crippen molar-refractivity contribution >= 4 is 23.4 Å². The summed E-state index contributed by atoms with van der Waals surface area (Å²) < 4.78 is 21.2. The molecule has 0 saturated heterocycles. The lowest BCUT2D eigenvalue weighted by Crippen LogP contribution is -2.28. The highest BCUT2D eigenvalue weighted by molar-refractivity contribution is 6.14. The molecule has 0 bridgehead atoms. The third kappa shape index (κ3) is 4.23. The van der Waals surface area contributed by atoms with E-state index in [1.807, 2.05) is 6.07 Å². The molecule has 0 N–H and O–H groups in total. The van der Waals surface area contributed by atoms with Crippen LogP contribution < -0.4 is 14.4 Å².